The third kappa shape index (κ3) is 3.41. The Labute approximate surface area is 170 Å². The van der Waals surface area contributed by atoms with Gasteiger partial charge in [-0.05, 0) is 41.3 Å². The molecule has 0 unspecified atom stereocenters. The number of aromatic nitrogens is 5. The van der Waals surface area contributed by atoms with Crippen LogP contribution in [0.2, 0.25) is 0 Å². The van der Waals surface area contributed by atoms with Crippen LogP contribution in [0.3, 0.4) is 0 Å². The quantitative estimate of drug-likeness (QED) is 0.485. The lowest BCUT2D eigenvalue weighted by Crippen LogP contribution is -2.12. The van der Waals surface area contributed by atoms with E-state index in [1.54, 1.807) is 34.4 Å². The van der Waals surface area contributed by atoms with Crippen LogP contribution in [0.5, 0.6) is 0 Å². The number of nitrogens with one attached hydrogen (secondary N) is 1. The minimum Gasteiger partial charge on any atom is -0.322 e. The highest BCUT2D eigenvalue weighted by atomic mass is 32.1. The Morgan fingerprint density at radius 1 is 1.07 bits per heavy atom. The lowest BCUT2D eigenvalue weighted by molar-refractivity contribution is 0.102. The van der Waals surface area contributed by atoms with Crippen molar-refractivity contribution in [3.8, 4) is 10.6 Å². The fraction of sp³-hybridized carbons (Fsp3) is 0.0476. The topological polar surface area (TPSA) is 77.1 Å². The van der Waals surface area contributed by atoms with Crippen molar-refractivity contribution >= 4 is 28.6 Å². The molecule has 7 nitrogen and oxygen atoms in total. The minimum atomic E-state index is -0.243. The van der Waals surface area contributed by atoms with E-state index in [9.17, 15) is 4.79 Å². The first-order chi connectivity index (χ1) is 14.3. The van der Waals surface area contributed by atoms with Crippen molar-refractivity contribution in [2.45, 2.75) is 6.54 Å². The number of fused-ring (bicyclic) bond motifs is 1. The first-order valence-electron chi connectivity index (χ1n) is 9.02. The van der Waals surface area contributed by atoms with Crippen LogP contribution in [-0.2, 0) is 6.54 Å². The molecule has 4 heterocycles. The van der Waals surface area contributed by atoms with Gasteiger partial charge in [0.25, 0.3) is 5.91 Å². The molecule has 4 aromatic heterocycles. The normalized spacial score (nSPS) is 11.0. The molecule has 0 atom stereocenters. The third-order valence-electron chi connectivity index (χ3n) is 4.51. The molecule has 0 aliphatic carbocycles. The lowest BCUT2D eigenvalue weighted by Gasteiger charge is -2.07. The molecule has 8 heteroatoms. The molecule has 0 saturated heterocycles. The second-order valence-electron chi connectivity index (χ2n) is 6.46. The molecule has 5 rings (SSSR count). The van der Waals surface area contributed by atoms with E-state index in [4.69, 9.17) is 0 Å². The van der Waals surface area contributed by atoms with Crippen LogP contribution in [0.1, 0.15) is 15.9 Å². The van der Waals surface area contributed by atoms with Gasteiger partial charge in [0.1, 0.15) is 5.56 Å². The Morgan fingerprint density at radius 3 is 2.86 bits per heavy atom. The van der Waals surface area contributed by atoms with Gasteiger partial charge in [0, 0.05) is 24.3 Å². The summed E-state index contributed by atoms with van der Waals surface area (Å²) in [6, 6.07) is 15.5. The predicted octanol–water partition coefficient (Wildman–Crippen LogP) is 3.95. The highest BCUT2D eigenvalue weighted by Gasteiger charge is 2.17. The molecule has 29 heavy (non-hydrogen) atoms. The van der Waals surface area contributed by atoms with E-state index in [-0.39, 0.29) is 5.91 Å². The van der Waals surface area contributed by atoms with Crippen molar-refractivity contribution < 1.29 is 4.79 Å². The zero-order valence-corrected chi connectivity index (χ0v) is 16.1. The van der Waals surface area contributed by atoms with E-state index >= 15 is 0 Å². The molecular weight excluding hydrogens is 384 g/mol. The number of nitrogens with zero attached hydrogens (tertiary/aromatic N) is 5. The SMILES string of the molecule is O=C(Nc1cccc(Cn2cccn2)c1)c1cnn2c(-c3cccs3)ccnc12. The number of hydrogen-bond acceptors (Lipinski definition) is 5. The third-order valence-corrected chi connectivity index (χ3v) is 5.40. The fourth-order valence-electron chi connectivity index (χ4n) is 3.19. The number of hydrogen-bond donors (Lipinski definition) is 1. The van der Waals surface area contributed by atoms with E-state index in [0.29, 0.717) is 23.4 Å². The molecule has 1 amide bonds. The number of thiophene rings is 1. The smallest absolute Gasteiger partial charge is 0.261 e. The van der Waals surface area contributed by atoms with Crippen molar-refractivity contribution in [1.29, 1.82) is 0 Å². The van der Waals surface area contributed by atoms with Gasteiger partial charge in [-0.25, -0.2) is 9.50 Å². The maximum atomic E-state index is 12.9. The van der Waals surface area contributed by atoms with E-state index in [1.165, 1.54) is 0 Å². The summed E-state index contributed by atoms with van der Waals surface area (Å²) in [4.78, 5) is 18.3. The maximum Gasteiger partial charge on any atom is 0.261 e. The molecule has 1 N–H and O–H groups in total. The van der Waals surface area contributed by atoms with Gasteiger partial charge in [-0.1, -0.05) is 18.2 Å². The Bertz CT molecular complexity index is 1270. The summed E-state index contributed by atoms with van der Waals surface area (Å²) in [6.45, 7) is 0.638. The summed E-state index contributed by atoms with van der Waals surface area (Å²) in [6.07, 6.45) is 6.91. The maximum absolute atomic E-state index is 12.9. The van der Waals surface area contributed by atoms with Crippen LogP contribution in [0, 0.1) is 0 Å². The van der Waals surface area contributed by atoms with Gasteiger partial charge in [-0.2, -0.15) is 10.2 Å². The van der Waals surface area contributed by atoms with Crippen molar-refractivity contribution in [3.63, 3.8) is 0 Å². The molecule has 5 aromatic rings. The zero-order valence-electron chi connectivity index (χ0n) is 15.3. The number of rotatable bonds is 5. The molecule has 0 fully saturated rings. The van der Waals surface area contributed by atoms with Crippen molar-refractivity contribution in [2.24, 2.45) is 0 Å². The van der Waals surface area contributed by atoms with Gasteiger partial charge in [-0.3, -0.25) is 9.48 Å². The predicted molar refractivity (Wildman–Crippen MR) is 112 cm³/mol. The molecule has 0 aliphatic heterocycles. The molecular formula is C21H16N6OS. The number of amides is 1. The summed E-state index contributed by atoms with van der Waals surface area (Å²) in [7, 11) is 0. The summed E-state index contributed by atoms with van der Waals surface area (Å²) < 4.78 is 3.54. The van der Waals surface area contributed by atoms with Crippen molar-refractivity contribution in [2.75, 3.05) is 5.32 Å². The highest BCUT2D eigenvalue weighted by Crippen LogP contribution is 2.25. The first kappa shape index (κ1) is 17.3. The highest BCUT2D eigenvalue weighted by molar-refractivity contribution is 7.13. The Kier molecular flexibility index (Phi) is 4.38. The van der Waals surface area contributed by atoms with Crippen LogP contribution in [0.25, 0.3) is 16.2 Å². The first-order valence-corrected chi connectivity index (χ1v) is 9.90. The molecule has 142 valence electrons. The fourth-order valence-corrected chi connectivity index (χ4v) is 3.93. The second kappa shape index (κ2) is 7.33. The van der Waals surface area contributed by atoms with Crippen LogP contribution in [0.15, 0.2) is 78.7 Å². The molecule has 0 bridgehead atoms. The largest absolute Gasteiger partial charge is 0.322 e. The molecule has 1 aromatic carbocycles. The number of carbonyl (C=O) groups excluding carboxylic acids is 1. The average Bonchev–Trinajstić information content (AvgIpc) is 3.49. The van der Waals surface area contributed by atoms with E-state index in [0.717, 1.165) is 16.1 Å². The Morgan fingerprint density at radius 2 is 2.03 bits per heavy atom. The summed E-state index contributed by atoms with van der Waals surface area (Å²) in [5.41, 5.74) is 3.63. The van der Waals surface area contributed by atoms with Crippen molar-refractivity contribution in [3.05, 3.63) is 89.8 Å². The van der Waals surface area contributed by atoms with Gasteiger partial charge in [0.2, 0.25) is 0 Å². The number of carbonyl (C=O) groups is 1. The molecule has 0 radical (unpaired) electrons. The van der Waals surface area contributed by atoms with E-state index in [2.05, 4.69) is 20.5 Å². The van der Waals surface area contributed by atoms with E-state index < -0.39 is 0 Å². The molecule has 0 spiro atoms. The lowest BCUT2D eigenvalue weighted by atomic mass is 10.2. The number of anilines is 1. The second-order valence-corrected chi connectivity index (χ2v) is 7.41. The Balaban J connectivity index is 1.42. The van der Waals surface area contributed by atoms with Gasteiger partial charge < -0.3 is 5.32 Å². The van der Waals surface area contributed by atoms with Crippen molar-refractivity contribution in [1.82, 2.24) is 24.4 Å². The zero-order chi connectivity index (χ0) is 19.6. The van der Waals surface area contributed by atoms with Crippen LogP contribution < -0.4 is 5.32 Å². The van der Waals surface area contributed by atoms with Crippen LogP contribution in [0.4, 0.5) is 5.69 Å². The van der Waals surface area contributed by atoms with Gasteiger partial charge >= 0.3 is 0 Å². The Hall–Kier alpha value is -3.78. The number of benzene rings is 1. The summed E-state index contributed by atoms with van der Waals surface area (Å²) in [5.74, 6) is -0.243. The van der Waals surface area contributed by atoms with Crippen LogP contribution in [-0.4, -0.2) is 30.3 Å². The van der Waals surface area contributed by atoms with Gasteiger partial charge in [0.05, 0.1) is 23.3 Å². The van der Waals surface area contributed by atoms with Crippen LogP contribution >= 0.6 is 11.3 Å². The monoisotopic (exact) mass is 400 g/mol. The summed E-state index contributed by atoms with van der Waals surface area (Å²) >= 11 is 1.62. The van der Waals surface area contributed by atoms with Gasteiger partial charge in [-0.15, -0.1) is 11.3 Å². The van der Waals surface area contributed by atoms with Gasteiger partial charge in [0.15, 0.2) is 5.65 Å². The minimum absolute atomic E-state index is 0.243. The van der Waals surface area contributed by atoms with E-state index in [1.807, 2.05) is 64.8 Å². The molecule has 0 saturated carbocycles. The standard InChI is InChI=1S/C21H16N6OS/c28-21(25-16-5-1-4-15(12-16)14-26-10-3-8-23-26)17-13-24-27-18(7-9-22-20(17)27)19-6-2-11-29-19/h1-13H,14H2,(H,25,28). The molecule has 0 aliphatic rings. The average molecular weight is 400 g/mol. The summed E-state index contributed by atoms with van der Waals surface area (Å²) in [5, 5.41) is 13.6.